The van der Waals surface area contributed by atoms with Gasteiger partial charge in [-0.2, -0.15) is 13.2 Å². The number of pyridine rings is 1. The Morgan fingerprint density at radius 1 is 1.50 bits per heavy atom. The molecule has 0 aliphatic heterocycles. The van der Waals surface area contributed by atoms with Crippen molar-refractivity contribution in [2.24, 2.45) is 0 Å². The molecule has 1 aromatic heterocycles. The van der Waals surface area contributed by atoms with Crippen molar-refractivity contribution in [1.82, 2.24) is 9.88 Å². The summed E-state index contributed by atoms with van der Waals surface area (Å²) in [5, 5.41) is 2.79. The van der Waals surface area contributed by atoms with Crippen LogP contribution in [-0.4, -0.2) is 42.1 Å². The fraction of sp³-hybridized carbons (Fsp3) is 0.455. The molecule has 1 N–H and O–H groups in total. The van der Waals surface area contributed by atoms with Gasteiger partial charge in [0.1, 0.15) is 12.2 Å². The minimum absolute atomic E-state index is 0.00653. The molecule has 0 aromatic carbocycles. The number of hydrogen-bond acceptors (Lipinski definition) is 3. The third kappa shape index (κ3) is 3.90. The smallest absolute Gasteiger partial charge is 0.388 e. The second-order valence-corrected chi connectivity index (χ2v) is 3.61. The van der Waals surface area contributed by atoms with Crippen molar-refractivity contribution in [2.75, 3.05) is 25.5 Å². The summed E-state index contributed by atoms with van der Waals surface area (Å²) in [4.78, 5) is 16.4. The van der Waals surface area contributed by atoms with Gasteiger partial charge in [-0.1, -0.05) is 0 Å². The molecule has 0 saturated heterocycles. The number of nitrogens with zero attached hydrogens (tertiary/aromatic N) is 2. The molecule has 1 amide bonds. The molecule has 100 valence electrons. The number of carbonyl (C=O) groups is 1. The number of aromatic nitrogens is 1. The third-order valence-electron chi connectivity index (χ3n) is 2.31. The molecular formula is C11H14F3N3O. The number of amides is 1. The van der Waals surface area contributed by atoms with E-state index in [1.54, 1.807) is 13.1 Å². The number of halogens is 3. The van der Waals surface area contributed by atoms with Gasteiger partial charge in [0.2, 0.25) is 0 Å². The van der Waals surface area contributed by atoms with Crippen LogP contribution in [0.3, 0.4) is 0 Å². The number of rotatable bonds is 4. The minimum atomic E-state index is -4.41. The van der Waals surface area contributed by atoms with Gasteiger partial charge < -0.3 is 10.2 Å². The molecule has 0 fully saturated rings. The maximum Gasteiger partial charge on any atom is 0.406 e. The molecule has 4 nitrogen and oxygen atoms in total. The Labute approximate surface area is 103 Å². The van der Waals surface area contributed by atoms with Crippen molar-refractivity contribution >= 4 is 11.6 Å². The van der Waals surface area contributed by atoms with Gasteiger partial charge in [-0.25, -0.2) is 0 Å². The standard InChI is InChI=1S/C11H14F3N3O/c1-3-17(7-11(12,13)14)10(18)9-6-8(15-2)4-5-16-9/h4-6H,3,7H2,1-2H3,(H,15,16). The lowest BCUT2D eigenvalue weighted by Gasteiger charge is -2.21. The average Bonchev–Trinajstić information content (AvgIpc) is 2.34. The maximum absolute atomic E-state index is 12.3. The Morgan fingerprint density at radius 3 is 2.67 bits per heavy atom. The lowest BCUT2D eigenvalue weighted by molar-refractivity contribution is -0.140. The Balaban J connectivity index is 2.89. The molecule has 18 heavy (non-hydrogen) atoms. The van der Waals surface area contributed by atoms with Gasteiger partial charge in [0.05, 0.1) is 0 Å². The van der Waals surface area contributed by atoms with Gasteiger partial charge in [0, 0.05) is 25.5 Å². The molecule has 7 heteroatoms. The largest absolute Gasteiger partial charge is 0.406 e. The maximum atomic E-state index is 12.3. The molecular weight excluding hydrogens is 247 g/mol. The zero-order valence-corrected chi connectivity index (χ0v) is 10.1. The van der Waals surface area contributed by atoms with Crippen LogP contribution in [-0.2, 0) is 0 Å². The van der Waals surface area contributed by atoms with E-state index in [4.69, 9.17) is 0 Å². The molecule has 0 unspecified atom stereocenters. The SMILES string of the molecule is CCN(CC(F)(F)F)C(=O)c1cc(NC)ccn1. The molecule has 0 radical (unpaired) electrons. The van der Waals surface area contributed by atoms with E-state index >= 15 is 0 Å². The van der Waals surface area contributed by atoms with E-state index in [0.29, 0.717) is 10.6 Å². The molecule has 0 aliphatic rings. The van der Waals surface area contributed by atoms with E-state index in [0.717, 1.165) is 0 Å². The van der Waals surface area contributed by atoms with Crippen LogP contribution < -0.4 is 5.32 Å². The summed E-state index contributed by atoms with van der Waals surface area (Å²) < 4.78 is 36.9. The third-order valence-corrected chi connectivity index (χ3v) is 2.31. The normalized spacial score (nSPS) is 11.2. The summed E-state index contributed by atoms with van der Waals surface area (Å²) in [6.45, 7) is 0.198. The van der Waals surface area contributed by atoms with Crippen LogP contribution in [0.2, 0.25) is 0 Å². The Hall–Kier alpha value is -1.79. The molecule has 0 bridgehead atoms. The molecule has 0 spiro atoms. The van der Waals surface area contributed by atoms with Gasteiger partial charge in [0.15, 0.2) is 0 Å². The van der Waals surface area contributed by atoms with E-state index in [1.165, 1.54) is 19.2 Å². The van der Waals surface area contributed by atoms with E-state index in [9.17, 15) is 18.0 Å². The van der Waals surface area contributed by atoms with E-state index in [1.807, 2.05) is 0 Å². The highest BCUT2D eigenvalue weighted by atomic mass is 19.4. The highest BCUT2D eigenvalue weighted by Crippen LogP contribution is 2.18. The first-order valence-corrected chi connectivity index (χ1v) is 5.37. The first-order chi connectivity index (χ1) is 8.37. The molecule has 0 atom stereocenters. The van der Waals surface area contributed by atoms with Crippen LogP contribution in [0.5, 0.6) is 0 Å². The Kier molecular flexibility index (Phi) is 4.52. The summed E-state index contributed by atoms with van der Waals surface area (Å²) in [5.41, 5.74) is 0.615. The molecule has 1 aromatic rings. The van der Waals surface area contributed by atoms with Crippen molar-refractivity contribution in [3.05, 3.63) is 24.0 Å². The van der Waals surface area contributed by atoms with Crippen molar-refractivity contribution in [1.29, 1.82) is 0 Å². The van der Waals surface area contributed by atoms with Gasteiger partial charge >= 0.3 is 6.18 Å². The first-order valence-electron chi connectivity index (χ1n) is 5.37. The van der Waals surface area contributed by atoms with Gasteiger partial charge in [-0.15, -0.1) is 0 Å². The average molecular weight is 261 g/mol. The summed E-state index contributed by atoms with van der Waals surface area (Å²) in [5.74, 6) is -0.730. The van der Waals surface area contributed by atoms with E-state index in [-0.39, 0.29) is 12.2 Å². The van der Waals surface area contributed by atoms with Gasteiger partial charge in [-0.3, -0.25) is 9.78 Å². The van der Waals surface area contributed by atoms with Crippen LogP contribution in [0.4, 0.5) is 18.9 Å². The topological polar surface area (TPSA) is 45.2 Å². The fourth-order valence-electron chi connectivity index (χ4n) is 1.41. The number of alkyl halides is 3. The van der Waals surface area contributed by atoms with E-state index < -0.39 is 18.6 Å². The number of anilines is 1. The van der Waals surface area contributed by atoms with Crippen molar-refractivity contribution in [2.45, 2.75) is 13.1 Å². The lowest BCUT2D eigenvalue weighted by Crippen LogP contribution is -2.39. The molecule has 1 rings (SSSR count). The Morgan fingerprint density at radius 2 is 2.17 bits per heavy atom. The predicted molar refractivity (Wildman–Crippen MR) is 61.4 cm³/mol. The number of hydrogen-bond donors (Lipinski definition) is 1. The van der Waals surface area contributed by atoms with Crippen LogP contribution >= 0.6 is 0 Å². The van der Waals surface area contributed by atoms with Crippen molar-refractivity contribution in [3.63, 3.8) is 0 Å². The van der Waals surface area contributed by atoms with Crippen molar-refractivity contribution in [3.8, 4) is 0 Å². The first kappa shape index (κ1) is 14.3. The summed E-state index contributed by atoms with van der Waals surface area (Å²) in [7, 11) is 1.65. The summed E-state index contributed by atoms with van der Waals surface area (Å²) in [6.07, 6.45) is -3.03. The molecule has 0 aliphatic carbocycles. The zero-order valence-electron chi connectivity index (χ0n) is 10.1. The highest BCUT2D eigenvalue weighted by Gasteiger charge is 2.32. The van der Waals surface area contributed by atoms with Crippen molar-refractivity contribution < 1.29 is 18.0 Å². The van der Waals surface area contributed by atoms with Crippen LogP contribution in [0.25, 0.3) is 0 Å². The highest BCUT2D eigenvalue weighted by molar-refractivity contribution is 5.93. The fourth-order valence-corrected chi connectivity index (χ4v) is 1.41. The monoisotopic (exact) mass is 261 g/mol. The lowest BCUT2D eigenvalue weighted by atomic mass is 10.2. The summed E-state index contributed by atoms with van der Waals surface area (Å²) in [6, 6.07) is 3.04. The molecule has 0 saturated carbocycles. The summed E-state index contributed by atoms with van der Waals surface area (Å²) >= 11 is 0. The number of carbonyl (C=O) groups excluding carboxylic acids is 1. The minimum Gasteiger partial charge on any atom is -0.388 e. The van der Waals surface area contributed by atoms with Crippen LogP contribution in [0.1, 0.15) is 17.4 Å². The second-order valence-electron chi connectivity index (χ2n) is 3.61. The second kappa shape index (κ2) is 5.70. The molecule has 1 heterocycles. The zero-order chi connectivity index (χ0) is 13.8. The van der Waals surface area contributed by atoms with Gasteiger partial charge in [-0.05, 0) is 19.1 Å². The van der Waals surface area contributed by atoms with Gasteiger partial charge in [0.25, 0.3) is 5.91 Å². The van der Waals surface area contributed by atoms with E-state index in [2.05, 4.69) is 10.3 Å². The quantitative estimate of drug-likeness (QED) is 0.903. The van der Waals surface area contributed by atoms with Crippen LogP contribution in [0.15, 0.2) is 18.3 Å². The van der Waals surface area contributed by atoms with Crippen LogP contribution in [0, 0.1) is 0 Å². The number of nitrogens with one attached hydrogen (secondary N) is 1. The Bertz CT molecular complexity index is 420. The predicted octanol–water partition coefficient (Wildman–Crippen LogP) is 2.15.